The molecule has 1 aliphatic carbocycles. The standard InChI is InChI=1S/C6H6O3/c7-5-3-1-2-4(5)6(8)9/h1,3-4H,2H2,(H,8,9). The maximum absolute atomic E-state index is 10.5. The quantitative estimate of drug-likeness (QED) is 0.511. The van der Waals surface area contributed by atoms with E-state index in [0.29, 0.717) is 6.42 Å². The van der Waals surface area contributed by atoms with Crippen LogP contribution >= 0.6 is 0 Å². The van der Waals surface area contributed by atoms with E-state index >= 15 is 0 Å². The predicted octanol–water partition coefficient (Wildman–Crippen LogP) is 0.216. The van der Waals surface area contributed by atoms with Gasteiger partial charge in [-0.15, -0.1) is 0 Å². The number of ketones is 1. The Hall–Kier alpha value is -1.12. The molecule has 3 heteroatoms. The Morgan fingerprint density at radius 3 is 2.67 bits per heavy atom. The molecule has 0 aromatic heterocycles. The van der Waals surface area contributed by atoms with Gasteiger partial charge in [0.1, 0.15) is 5.92 Å². The average molecular weight is 126 g/mol. The zero-order valence-corrected chi connectivity index (χ0v) is 4.70. The molecule has 1 rings (SSSR count). The molecular formula is C6H6O3. The summed E-state index contributed by atoms with van der Waals surface area (Å²) in [5.74, 6) is -2.11. The van der Waals surface area contributed by atoms with Gasteiger partial charge in [-0.05, 0) is 12.5 Å². The molecule has 9 heavy (non-hydrogen) atoms. The lowest BCUT2D eigenvalue weighted by molar-refractivity contribution is -0.144. The van der Waals surface area contributed by atoms with E-state index in [0.717, 1.165) is 0 Å². The summed E-state index contributed by atoms with van der Waals surface area (Å²) in [6, 6.07) is 0. The number of carbonyl (C=O) groups excluding carboxylic acids is 1. The van der Waals surface area contributed by atoms with Crippen molar-refractivity contribution in [2.45, 2.75) is 6.42 Å². The summed E-state index contributed by atoms with van der Waals surface area (Å²) >= 11 is 0. The van der Waals surface area contributed by atoms with E-state index < -0.39 is 11.9 Å². The molecule has 0 spiro atoms. The molecule has 0 amide bonds. The monoisotopic (exact) mass is 126 g/mol. The summed E-state index contributed by atoms with van der Waals surface area (Å²) in [6.07, 6.45) is 3.26. The number of carboxylic acid groups (broad SMARTS) is 1. The van der Waals surface area contributed by atoms with Crippen LogP contribution in [-0.2, 0) is 9.59 Å². The van der Waals surface area contributed by atoms with Gasteiger partial charge in [0.15, 0.2) is 5.78 Å². The normalized spacial score (nSPS) is 24.9. The van der Waals surface area contributed by atoms with Gasteiger partial charge in [0.05, 0.1) is 0 Å². The Balaban J connectivity index is 2.66. The fourth-order valence-corrected chi connectivity index (χ4v) is 0.775. The molecule has 0 bridgehead atoms. The number of hydrogen-bond acceptors (Lipinski definition) is 2. The smallest absolute Gasteiger partial charge is 0.314 e. The van der Waals surface area contributed by atoms with Crippen LogP contribution in [0.25, 0.3) is 0 Å². The van der Waals surface area contributed by atoms with Gasteiger partial charge in [-0.2, -0.15) is 0 Å². The molecule has 3 nitrogen and oxygen atoms in total. The Bertz CT molecular complexity index is 181. The summed E-state index contributed by atoms with van der Waals surface area (Å²) in [6.45, 7) is 0. The molecule has 0 saturated heterocycles. The van der Waals surface area contributed by atoms with Crippen LogP contribution in [0.5, 0.6) is 0 Å². The largest absolute Gasteiger partial charge is 0.481 e. The van der Waals surface area contributed by atoms with Gasteiger partial charge >= 0.3 is 5.97 Å². The third-order valence-corrected chi connectivity index (χ3v) is 1.30. The molecular weight excluding hydrogens is 120 g/mol. The Morgan fingerprint density at radius 1 is 1.78 bits per heavy atom. The maximum atomic E-state index is 10.5. The molecule has 1 aliphatic rings. The average Bonchev–Trinajstić information content (AvgIpc) is 2.13. The lowest BCUT2D eigenvalue weighted by Crippen LogP contribution is -2.17. The van der Waals surface area contributed by atoms with Crippen molar-refractivity contribution in [3.8, 4) is 0 Å². The summed E-state index contributed by atoms with van der Waals surface area (Å²) < 4.78 is 0. The number of aliphatic carboxylic acids is 1. The van der Waals surface area contributed by atoms with Crippen LogP contribution < -0.4 is 0 Å². The topological polar surface area (TPSA) is 54.4 Å². The van der Waals surface area contributed by atoms with Crippen molar-refractivity contribution >= 4 is 11.8 Å². The van der Waals surface area contributed by atoms with Gasteiger partial charge in [-0.1, -0.05) is 6.08 Å². The van der Waals surface area contributed by atoms with E-state index in [1.165, 1.54) is 6.08 Å². The molecule has 0 heterocycles. The van der Waals surface area contributed by atoms with Gasteiger partial charge in [0.2, 0.25) is 0 Å². The first-order valence-electron chi connectivity index (χ1n) is 2.65. The molecule has 0 fully saturated rings. The van der Waals surface area contributed by atoms with E-state index in [4.69, 9.17) is 5.11 Å². The van der Waals surface area contributed by atoms with Gasteiger partial charge in [0.25, 0.3) is 0 Å². The molecule has 48 valence electrons. The van der Waals surface area contributed by atoms with Crippen LogP contribution in [0, 0.1) is 5.92 Å². The summed E-state index contributed by atoms with van der Waals surface area (Å²) in [4.78, 5) is 20.7. The number of rotatable bonds is 1. The van der Waals surface area contributed by atoms with Gasteiger partial charge in [0, 0.05) is 0 Å². The zero-order chi connectivity index (χ0) is 6.85. The van der Waals surface area contributed by atoms with Gasteiger partial charge < -0.3 is 5.11 Å². The minimum absolute atomic E-state index is 0.289. The first-order chi connectivity index (χ1) is 4.22. The summed E-state index contributed by atoms with van der Waals surface area (Å²) in [7, 11) is 0. The summed E-state index contributed by atoms with van der Waals surface area (Å²) in [5, 5.41) is 8.32. The van der Waals surface area contributed by atoms with Crippen molar-refractivity contribution in [1.29, 1.82) is 0 Å². The van der Waals surface area contributed by atoms with E-state index in [1.54, 1.807) is 6.08 Å². The first-order valence-corrected chi connectivity index (χ1v) is 2.65. The van der Waals surface area contributed by atoms with E-state index in [2.05, 4.69) is 0 Å². The van der Waals surface area contributed by atoms with Gasteiger partial charge in [-0.3, -0.25) is 9.59 Å². The highest BCUT2D eigenvalue weighted by molar-refractivity contribution is 6.06. The van der Waals surface area contributed by atoms with Crippen LogP contribution in [-0.4, -0.2) is 16.9 Å². The third kappa shape index (κ3) is 0.988. The van der Waals surface area contributed by atoms with Crippen molar-refractivity contribution in [3.63, 3.8) is 0 Å². The highest BCUT2D eigenvalue weighted by atomic mass is 16.4. The molecule has 1 unspecified atom stereocenters. The molecule has 0 radical (unpaired) electrons. The second kappa shape index (κ2) is 2.01. The van der Waals surface area contributed by atoms with Crippen molar-refractivity contribution in [1.82, 2.24) is 0 Å². The van der Waals surface area contributed by atoms with E-state index in [9.17, 15) is 9.59 Å². The van der Waals surface area contributed by atoms with Crippen LogP contribution in [0.2, 0.25) is 0 Å². The zero-order valence-electron chi connectivity index (χ0n) is 4.70. The fourth-order valence-electron chi connectivity index (χ4n) is 0.775. The Kier molecular flexibility index (Phi) is 1.34. The predicted molar refractivity (Wildman–Crippen MR) is 29.9 cm³/mol. The minimum Gasteiger partial charge on any atom is -0.481 e. The SMILES string of the molecule is O=C(O)C1CC=CC1=O. The number of carbonyl (C=O) groups is 2. The second-order valence-corrected chi connectivity index (χ2v) is 1.93. The molecule has 0 aromatic carbocycles. The lowest BCUT2D eigenvalue weighted by atomic mass is 10.1. The molecule has 1 atom stereocenters. The van der Waals surface area contributed by atoms with E-state index in [-0.39, 0.29) is 5.78 Å². The Labute approximate surface area is 52.0 Å². The molecule has 0 saturated carbocycles. The molecule has 0 aromatic rings. The highest BCUT2D eigenvalue weighted by Gasteiger charge is 2.26. The van der Waals surface area contributed by atoms with Crippen LogP contribution in [0.1, 0.15) is 6.42 Å². The number of allylic oxidation sites excluding steroid dienone is 2. The Morgan fingerprint density at radius 2 is 2.44 bits per heavy atom. The third-order valence-electron chi connectivity index (χ3n) is 1.30. The van der Waals surface area contributed by atoms with Crippen LogP contribution in [0.4, 0.5) is 0 Å². The lowest BCUT2D eigenvalue weighted by Gasteiger charge is -1.96. The van der Waals surface area contributed by atoms with Crippen molar-refractivity contribution in [2.24, 2.45) is 5.92 Å². The first kappa shape index (κ1) is 6.01. The maximum Gasteiger partial charge on any atom is 0.314 e. The van der Waals surface area contributed by atoms with Crippen molar-refractivity contribution < 1.29 is 14.7 Å². The highest BCUT2D eigenvalue weighted by Crippen LogP contribution is 2.13. The second-order valence-electron chi connectivity index (χ2n) is 1.93. The van der Waals surface area contributed by atoms with E-state index in [1.807, 2.05) is 0 Å². The van der Waals surface area contributed by atoms with Crippen LogP contribution in [0.3, 0.4) is 0 Å². The van der Waals surface area contributed by atoms with Gasteiger partial charge in [-0.25, -0.2) is 0 Å². The summed E-state index contributed by atoms with van der Waals surface area (Å²) in [5.41, 5.74) is 0. The van der Waals surface area contributed by atoms with Crippen molar-refractivity contribution in [2.75, 3.05) is 0 Å². The molecule has 1 N–H and O–H groups in total. The van der Waals surface area contributed by atoms with Crippen molar-refractivity contribution in [3.05, 3.63) is 12.2 Å². The number of carboxylic acids is 1. The molecule has 0 aliphatic heterocycles. The number of hydrogen-bond donors (Lipinski definition) is 1. The fraction of sp³-hybridized carbons (Fsp3) is 0.333. The minimum atomic E-state index is -1.02. The van der Waals surface area contributed by atoms with Crippen LogP contribution in [0.15, 0.2) is 12.2 Å².